The number of nitrogens with one attached hydrogen (secondary N) is 1. The lowest BCUT2D eigenvalue weighted by Gasteiger charge is -2.35. The van der Waals surface area contributed by atoms with Crippen LogP contribution in [-0.2, 0) is 4.79 Å². The van der Waals surface area contributed by atoms with Crippen molar-refractivity contribution in [2.45, 2.75) is 58.2 Å². The second-order valence-corrected chi connectivity index (χ2v) is 5.24. The molecule has 82 valence electrons. The number of rotatable bonds is 1. The Morgan fingerprint density at radius 3 is 2.21 bits per heavy atom. The van der Waals surface area contributed by atoms with E-state index in [4.69, 9.17) is 0 Å². The fourth-order valence-corrected chi connectivity index (χ4v) is 2.24. The van der Waals surface area contributed by atoms with Gasteiger partial charge in [-0.1, -0.05) is 0 Å². The highest BCUT2D eigenvalue weighted by atomic mass is 16.5. The van der Waals surface area contributed by atoms with Crippen LogP contribution in [0.15, 0.2) is 0 Å². The standard InChI is InChI=1S/C10H20N2O2/c1-7(13)11-8-6-9(2,3)12(14)10(8,4)5/h8,14H,6H2,1-5H3,(H,11,13)/t8-/m1/s1. The lowest BCUT2D eigenvalue weighted by molar-refractivity contribution is -0.194. The van der Waals surface area contributed by atoms with Crippen LogP contribution in [0.25, 0.3) is 0 Å². The van der Waals surface area contributed by atoms with Crippen molar-refractivity contribution in [1.82, 2.24) is 10.4 Å². The molecular weight excluding hydrogens is 180 g/mol. The van der Waals surface area contributed by atoms with Gasteiger partial charge >= 0.3 is 0 Å². The van der Waals surface area contributed by atoms with E-state index in [9.17, 15) is 10.0 Å². The van der Waals surface area contributed by atoms with Crippen LogP contribution >= 0.6 is 0 Å². The molecule has 0 radical (unpaired) electrons. The topological polar surface area (TPSA) is 52.6 Å². The molecule has 1 heterocycles. The van der Waals surface area contributed by atoms with Crippen molar-refractivity contribution >= 4 is 5.91 Å². The fraction of sp³-hybridized carbons (Fsp3) is 0.900. The Bertz CT molecular complexity index is 249. The number of carbonyl (C=O) groups excluding carboxylic acids is 1. The third-order valence-electron chi connectivity index (χ3n) is 3.05. The molecule has 14 heavy (non-hydrogen) atoms. The maximum Gasteiger partial charge on any atom is 0.217 e. The minimum atomic E-state index is -0.408. The van der Waals surface area contributed by atoms with E-state index < -0.39 is 5.54 Å². The van der Waals surface area contributed by atoms with Crippen molar-refractivity contribution in [2.75, 3.05) is 0 Å². The summed E-state index contributed by atoms with van der Waals surface area (Å²) >= 11 is 0. The summed E-state index contributed by atoms with van der Waals surface area (Å²) in [5, 5.41) is 14.2. The normalized spacial score (nSPS) is 30.3. The largest absolute Gasteiger partial charge is 0.352 e. The van der Waals surface area contributed by atoms with E-state index in [2.05, 4.69) is 5.32 Å². The van der Waals surface area contributed by atoms with Crippen LogP contribution in [0.2, 0.25) is 0 Å². The van der Waals surface area contributed by atoms with Gasteiger partial charge < -0.3 is 10.5 Å². The van der Waals surface area contributed by atoms with Gasteiger partial charge in [0.2, 0.25) is 5.91 Å². The average molecular weight is 200 g/mol. The highest BCUT2D eigenvalue weighted by Gasteiger charge is 2.51. The van der Waals surface area contributed by atoms with Gasteiger partial charge in [0.25, 0.3) is 0 Å². The first kappa shape index (κ1) is 11.5. The van der Waals surface area contributed by atoms with Gasteiger partial charge in [0.1, 0.15) is 0 Å². The minimum Gasteiger partial charge on any atom is -0.352 e. The van der Waals surface area contributed by atoms with Crippen molar-refractivity contribution in [2.24, 2.45) is 0 Å². The first-order valence-electron chi connectivity index (χ1n) is 4.94. The molecule has 1 amide bonds. The number of hydrogen-bond acceptors (Lipinski definition) is 3. The molecule has 0 saturated carbocycles. The van der Waals surface area contributed by atoms with Crippen molar-refractivity contribution in [1.29, 1.82) is 0 Å². The van der Waals surface area contributed by atoms with E-state index in [1.807, 2.05) is 27.7 Å². The van der Waals surface area contributed by atoms with Gasteiger partial charge in [-0.3, -0.25) is 4.79 Å². The van der Waals surface area contributed by atoms with Crippen LogP contribution < -0.4 is 5.32 Å². The Hall–Kier alpha value is -0.610. The second kappa shape index (κ2) is 3.21. The summed E-state index contributed by atoms with van der Waals surface area (Å²) in [6.45, 7) is 9.31. The summed E-state index contributed by atoms with van der Waals surface area (Å²) in [4.78, 5) is 11.0. The molecule has 1 atom stereocenters. The van der Waals surface area contributed by atoms with Gasteiger partial charge in [-0.05, 0) is 34.1 Å². The van der Waals surface area contributed by atoms with E-state index in [1.165, 1.54) is 12.0 Å². The first-order chi connectivity index (χ1) is 6.18. The molecule has 1 aliphatic rings. The maximum absolute atomic E-state index is 11.0. The predicted octanol–water partition coefficient (Wildman–Crippen LogP) is 1.14. The van der Waals surface area contributed by atoms with E-state index in [-0.39, 0.29) is 17.5 Å². The second-order valence-electron chi connectivity index (χ2n) is 5.24. The molecule has 2 N–H and O–H groups in total. The maximum atomic E-state index is 11.0. The molecule has 4 nitrogen and oxygen atoms in total. The number of carbonyl (C=O) groups is 1. The van der Waals surface area contributed by atoms with Crippen LogP contribution in [0, 0.1) is 0 Å². The molecule has 0 spiro atoms. The van der Waals surface area contributed by atoms with Crippen LogP contribution in [0.4, 0.5) is 0 Å². The Kier molecular flexibility index (Phi) is 2.63. The summed E-state index contributed by atoms with van der Waals surface area (Å²) < 4.78 is 0. The lowest BCUT2D eigenvalue weighted by Crippen LogP contribution is -2.52. The Labute approximate surface area is 85.2 Å². The predicted molar refractivity (Wildman–Crippen MR) is 54.0 cm³/mol. The van der Waals surface area contributed by atoms with Crippen molar-refractivity contribution in [3.8, 4) is 0 Å². The summed E-state index contributed by atoms with van der Waals surface area (Å²) in [6, 6.07) is -0.000000000000000222. The molecule has 0 aromatic rings. The van der Waals surface area contributed by atoms with Crippen LogP contribution in [0.1, 0.15) is 41.0 Å². The van der Waals surface area contributed by atoms with Crippen LogP contribution in [0.5, 0.6) is 0 Å². The highest BCUT2D eigenvalue weighted by molar-refractivity contribution is 5.73. The summed E-state index contributed by atoms with van der Waals surface area (Å²) in [6.07, 6.45) is 0.760. The molecule has 1 aliphatic heterocycles. The molecule has 4 heteroatoms. The van der Waals surface area contributed by atoms with E-state index in [0.717, 1.165) is 6.42 Å². The molecular formula is C10H20N2O2. The molecule has 1 fully saturated rings. The van der Waals surface area contributed by atoms with Crippen molar-refractivity contribution in [3.05, 3.63) is 0 Å². The third-order valence-corrected chi connectivity index (χ3v) is 3.05. The number of hydroxylamine groups is 2. The zero-order valence-corrected chi connectivity index (χ0v) is 9.59. The smallest absolute Gasteiger partial charge is 0.217 e. The van der Waals surface area contributed by atoms with Gasteiger partial charge in [0.05, 0.1) is 11.6 Å². The van der Waals surface area contributed by atoms with E-state index >= 15 is 0 Å². The zero-order chi connectivity index (χ0) is 11.1. The highest BCUT2D eigenvalue weighted by Crippen LogP contribution is 2.38. The Morgan fingerprint density at radius 2 is 1.93 bits per heavy atom. The molecule has 0 aromatic heterocycles. The lowest BCUT2D eigenvalue weighted by atomic mass is 9.94. The summed E-state index contributed by atoms with van der Waals surface area (Å²) in [5.41, 5.74) is -0.689. The number of hydrogen-bond donors (Lipinski definition) is 2. The van der Waals surface area contributed by atoms with Gasteiger partial charge in [0, 0.05) is 12.5 Å². The number of nitrogens with zero attached hydrogens (tertiary/aromatic N) is 1. The minimum absolute atomic E-state index is 0.000000000000000222. The monoisotopic (exact) mass is 200 g/mol. The van der Waals surface area contributed by atoms with Gasteiger partial charge in [-0.25, -0.2) is 0 Å². The fourth-order valence-electron chi connectivity index (χ4n) is 2.24. The zero-order valence-electron chi connectivity index (χ0n) is 9.59. The van der Waals surface area contributed by atoms with Crippen LogP contribution in [0.3, 0.4) is 0 Å². The van der Waals surface area contributed by atoms with E-state index in [0.29, 0.717) is 0 Å². The van der Waals surface area contributed by atoms with Crippen molar-refractivity contribution in [3.63, 3.8) is 0 Å². The van der Waals surface area contributed by atoms with Crippen LogP contribution in [-0.4, -0.2) is 33.3 Å². The van der Waals surface area contributed by atoms with Gasteiger partial charge in [-0.2, -0.15) is 5.06 Å². The SMILES string of the molecule is CC(=O)N[C@@H]1CC(C)(C)N(O)C1(C)C. The number of amides is 1. The molecule has 0 aliphatic carbocycles. The molecule has 0 bridgehead atoms. The molecule has 0 aromatic carbocycles. The molecule has 1 rings (SSSR count). The van der Waals surface area contributed by atoms with E-state index in [1.54, 1.807) is 0 Å². The average Bonchev–Trinajstić information content (AvgIpc) is 2.12. The van der Waals surface area contributed by atoms with Gasteiger partial charge in [-0.15, -0.1) is 0 Å². The van der Waals surface area contributed by atoms with Gasteiger partial charge in [0.15, 0.2) is 0 Å². The Balaban J connectivity index is 2.85. The summed E-state index contributed by atoms with van der Waals surface area (Å²) in [5.74, 6) is -0.0471. The first-order valence-corrected chi connectivity index (χ1v) is 4.94. The molecule has 0 unspecified atom stereocenters. The third kappa shape index (κ3) is 1.77. The van der Waals surface area contributed by atoms with Crippen molar-refractivity contribution < 1.29 is 10.0 Å². The quantitative estimate of drug-likeness (QED) is 0.667. The Morgan fingerprint density at radius 1 is 1.43 bits per heavy atom. The summed E-state index contributed by atoms with van der Waals surface area (Å²) in [7, 11) is 0. The molecule has 1 saturated heterocycles.